The average molecular weight is 390 g/mol. The maximum absolute atomic E-state index is 4.34. The second-order valence-corrected chi connectivity index (χ2v) is 7.81. The highest BCUT2D eigenvalue weighted by atomic mass is 15.2. The van der Waals surface area contributed by atoms with Crippen LogP contribution in [-0.2, 0) is 19.6 Å². The molecule has 1 aliphatic heterocycles. The predicted octanol–water partition coefficient (Wildman–Crippen LogP) is 4.02. The third-order valence-corrected chi connectivity index (χ3v) is 5.59. The first kappa shape index (κ1) is 19.5. The van der Waals surface area contributed by atoms with E-state index in [9.17, 15) is 0 Å². The van der Waals surface area contributed by atoms with Crippen LogP contribution < -0.4 is 10.6 Å². The molecule has 0 saturated carbocycles. The van der Waals surface area contributed by atoms with Gasteiger partial charge in [-0.25, -0.2) is 0 Å². The number of fused-ring (bicyclic) bond motifs is 1. The van der Waals surface area contributed by atoms with Crippen LogP contribution in [0.1, 0.15) is 36.1 Å². The van der Waals surface area contributed by atoms with Gasteiger partial charge < -0.3 is 15.6 Å². The summed E-state index contributed by atoms with van der Waals surface area (Å²) in [5, 5.41) is 8.02. The number of aromatic amines is 1. The third-order valence-electron chi connectivity index (χ3n) is 5.59. The summed E-state index contributed by atoms with van der Waals surface area (Å²) >= 11 is 0. The van der Waals surface area contributed by atoms with Crippen molar-refractivity contribution in [2.45, 2.75) is 38.9 Å². The molecule has 5 heteroatoms. The molecule has 0 radical (unpaired) electrons. The molecule has 2 heterocycles. The Hall–Kier alpha value is -2.79. The molecular formula is C24H31N5. The van der Waals surface area contributed by atoms with Gasteiger partial charge in [-0.15, -0.1) is 0 Å². The summed E-state index contributed by atoms with van der Waals surface area (Å²) in [6.07, 6.45) is 4.07. The van der Waals surface area contributed by atoms with Crippen LogP contribution in [0.4, 0.5) is 0 Å². The summed E-state index contributed by atoms with van der Waals surface area (Å²) in [5.41, 5.74) is 4.98. The molecule has 4 rings (SSSR count). The van der Waals surface area contributed by atoms with Crippen molar-refractivity contribution < 1.29 is 0 Å². The Morgan fingerprint density at radius 2 is 1.66 bits per heavy atom. The number of likely N-dealkylation sites (tertiary alicyclic amines) is 1. The van der Waals surface area contributed by atoms with Crippen LogP contribution in [0, 0.1) is 0 Å². The Bertz CT molecular complexity index is 902. The fourth-order valence-corrected chi connectivity index (χ4v) is 3.95. The molecule has 1 aromatic heterocycles. The molecule has 29 heavy (non-hydrogen) atoms. The van der Waals surface area contributed by atoms with Gasteiger partial charge in [0.15, 0.2) is 5.96 Å². The highest BCUT2D eigenvalue weighted by molar-refractivity contribution is 5.81. The van der Waals surface area contributed by atoms with Gasteiger partial charge in [-0.1, -0.05) is 48.9 Å². The Morgan fingerprint density at radius 3 is 2.41 bits per heavy atom. The van der Waals surface area contributed by atoms with Crippen LogP contribution in [0.25, 0.3) is 10.9 Å². The van der Waals surface area contributed by atoms with Gasteiger partial charge in [-0.2, -0.15) is 0 Å². The van der Waals surface area contributed by atoms with Crippen molar-refractivity contribution >= 4 is 16.9 Å². The highest BCUT2D eigenvalue weighted by Gasteiger charge is 2.10. The van der Waals surface area contributed by atoms with Crippen molar-refractivity contribution in [2.24, 2.45) is 4.99 Å². The second-order valence-electron chi connectivity index (χ2n) is 7.81. The lowest BCUT2D eigenvalue weighted by Crippen LogP contribution is -2.36. The lowest BCUT2D eigenvalue weighted by molar-refractivity contribution is 0.221. The highest BCUT2D eigenvalue weighted by Crippen LogP contribution is 2.15. The number of para-hydroxylation sites is 1. The van der Waals surface area contributed by atoms with Crippen molar-refractivity contribution in [3.63, 3.8) is 0 Å². The van der Waals surface area contributed by atoms with Crippen LogP contribution in [0.2, 0.25) is 0 Å². The topological polar surface area (TPSA) is 55.5 Å². The summed E-state index contributed by atoms with van der Waals surface area (Å²) in [7, 11) is 1.81. The first-order valence-electron chi connectivity index (χ1n) is 10.6. The van der Waals surface area contributed by atoms with Crippen LogP contribution in [0.3, 0.4) is 0 Å². The van der Waals surface area contributed by atoms with Gasteiger partial charge in [0.05, 0.1) is 6.54 Å². The number of rotatable bonds is 6. The van der Waals surface area contributed by atoms with E-state index in [0.29, 0.717) is 6.54 Å². The number of benzene rings is 2. The Labute approximate surface area is 173 Å². The van der Waals surface area contributed by atoms with Gasteiger partial charge in [0.25, 0.3) is 0 Å². The largest absolute Gasteiger partial charge is 0.357 e. The van der Waals surface area contributed by atoms with E-state index in [1.54, 1.807) is 0 Å². The van der Waals surface area contributed by atoms with Crippen LogP contribution in [0.15, 0.2) is 59.6 Å². The quantitative estimate of drug-likeness (QED) is 0.441. The van der Waals surface area contributed by atoms with E-state index in [-0.39, 0.29) is 0 Å². The lowest BCUT2D eigenvalue weighted by atomic mass is 10.1. The van der Waals surface area contributed by atoms with Crippen LogP contribution in [0.5, 0.6) is 0 Å². The molecule has 1 fully saturated rings. The van der Waals surface area contributed by atoms with Gasteiger partial charge in [0.1, 0.15) is 0 Å². The normalized spacial score (nSPS) is 15.6. The minimum Gasteiger partial charge on any atom is -0.357 e. The molecule has 0 spiro atoms. The molecule has 5 nitrogen and oxygen atoms in total. The monoisotopic (exact) mass is 389 g/mol. The van der Waals surface area contributed by atoms with Crippen molar-refractivity contribution in [1.29, 1.82) is 0 Å². The molecule has 0 unspecified atom stereocenters. The van der Waals surface area contributed by atoms with E-state index in [0.717, 1.165) is 30.3 Å². The molecule has 0 aliphatic carbocycles. The molecular weight excluding hydrogens is 358 g/mol. The van der Waals surface area contributed by atoms with Crippen molar-refractivity contribution in [2.75, 3.05) is 20.1 Å². The fourth-order valence-electron chi connectivity index (χ4n) is 3.95. The van der Waals surface area contributed by atoms with Gasteiger partial charge in [0.2, 0.25) is 0 Å². The number of guanidine groups is 1. The summed E-state index contributed by atoms with van der Waals surface area (Å²) in [4.78, 5) is 10.3. The minimum absolute atomic E-state index is 0.711. The van der Waals surface area contributed by atoms with Crippen LogP contribution >= 0.6 is 0 Å². The minimum atomic E-state index is 0.711. The number of nitrogens with zero attached hydrogens (tertiary/aromatic N) is 2. The predicted molar refractivity (Wildman–Crippen MR) is 121 cm³/mol. The van der Waals surface area contributed by atoms with E-state index < -0.39 is 0 Å². The zero-order chi connectivity index (χ0) is 19.9. The smallest absolute Gasteiger partial charge is 0.191 e. The molecule has 2 aromatic carbocycles. The van der Waals surface area contributed by atoms with Gasteiger partial charge in [0, 0.05) is 31.3 Å². The van der Waals surface area contributed by atoms with E-state index >= 15 is 0 Å². The Kier molecular flexibility index (Phi) is 6.47. The Balaban J connectivity index is 1.25. The number of hydrogen-bond donors (Lipinski definition) is 3. The molecule has 152 valence electrons. The second kappa shape index (κ2) is 9.61. The number of piperidine rings is 1. The van der Waals surface area contributed by atoms with Crippen molar-refractivity contribution in [3.05, 3.63) is 71.4 Å². The average Bonchev–Trinajstić information content (AvgIpc) is 3.19. The summed E-state index contributed by atoms with van der Waals surface area (Å²) in [6, 6.07) is 19.5. The zero-order valence-corrected chi connectivity index (χ0v) is 17.2. The maximum atomic E-state index is 4.34. The molecule has 3 aromatic rings. The molecule has 0 atom stereocenters. The first-order chi connectivity index (χ1) is 14.3. The number of aliphatic imine (C=N–C) groups is 1. The standard InChI is InChI=1S/C24H31N5/c1-25-24(27-17-22-15-21-7-3-4-8-23(21)28-22)26-16-19-9-11-20(12-10-19)18-29-13-5-2-6-14-29/h3-4,7-12,15,28H,2,5-6,13-14,16-18H2,1H3,(H2,25,26,27). The van der Waals surface area contributed by atoms with Gasteiger partial charge >= 0.3 is 0 Å². The van der Waals surface area contributed by atoms with E-state index in [2.05, 4.69) is 74.0 Å². The number of hydrogen-bond acceptors (Lipinski definition) is 2. The van der Waals surface area contributed by atoms with E-state index in [1.807, 2.05) is 13.1 Å². The molecule has 3 N–H and O–H groups in total. The number of H-pyrrole nitrogens is 1. The zero-order valence-electron chi connectivity index (χ0n) is 17.2. The van der Waals surface area contributed by atoms with Gasteiger partial charge in [-0.3, -0.25) is 9.89 Å². The molecule has 0 amide bonds. The number of nitrogens with one attached hydrogen (secondary N) is 3. The van der Waals surface area contributed by atoms with Crippen molar-refractivity contribution in [3.8, 4) is 0 Å². The van der Waals surface area contributed by atoms with Crippen LogP contribution in [-0.4, -0.2) is 36.0 Å². The molecule has 0 bridgehead atoms. The fraction of sp³-hybridized carbons (Fsp3) is 0.375. The summed E-state index contributed by atoms with van der Waals surface area (Å²) < 4.78 is 0. The van der Waals surface area contributed by atoms with Crippen molar-refractivity contribution in [1.82, 2.24) is 20.5 Å². The molecule has 1 aliphatic rings. The van der Waals surface area contributed by atoms with E-state index in [4.69, 9.17) is 0 Å². The summed E-state index contributed by atoms with van der Waals surface area (Å²) in [6.45, 7) is 5.02. The lowest BCUT2D eigenvalue weighted by Gasteiger charge is -2.26. The maximum Gasteiger partial charge on any atom is 0.191 e. The Morgan fingerprint density at radius 1 is 0.931 bits per heavy atom. The van der Waals surface area contributed by atoms with E-state index in [1.165, 1.54) is 48.9 Å². The summed E-state index contributed by atoms with van der Waals surface area (Å²) in [5.74, 6) is 0.807. The first-order valence-corrected chi connectivity index (χ1v) is 10.6. The third kappa shape index (κ3) is 5.39. The number of aromatic nitrogens is 1. The SMILES string of the molecule is CN=C(NCc1ccc(CN2CCCCC2)cc1)NCc1cc2ccccc2[nH]1. The van der Waals surface area contributed by atoms with Gasteiger partial charge in [-0.05, 0) is 54.6 Å². The molecule has 1 saturated heterocycles.